The summed E-state index contributed by atoms with van der Waals surface area (Å²) < 4.78 is 0. The van der Waals surface area contributed by atoms with E-state index < -0.39 is 11.9 Å². The van der Waals surface area contributed by atoms with Gasteiger partial charge in [-0.15, -0.1) is 0 Å². The quantitative estimate of drug-likeness (QED) is 0.760. The molecule has 0 bridgehead atoms. The van der Waals surface area contributed by atoms with Crippen molar-refractivity contribution in [2.24, 2.45) is 5.92 Å². The van der Waals surface area contributed by atoms with E-state index in [4.69, 9.17) is 16.7 Å². The first-order valence-corrected chi connectivity index (χ1v) is 10.3. The molecule has 1 atom stereocenters. The van der Waals surface area contributed by atoms with Crippen molar-refractivity contribution >= 4 is 46.4 Å². The number of rotatable bonds is 5. The molecule has 2 aromatic rings. The SMILES string of the molecule is O=C(O)c1cc(NC(=O)C2CC(=O)N(c3ccc(N4CCCC4)cc3)C2)ccc1Cl. The Labute approximate surface area is 179 Å². The van der Waals surface area contributed by atoms with Crippen molar-refractivity contribution in [1.29, 1.82) is 0 Å². The first-order valence-electron chi connectivity index (χ1n) is 9.91. The van der Waals surface area contributed by atoms with Crippen molar-refractivity contribution < 1.29 is 19.5 Å². The molecule has 4 rings (SSSR count). The maximum Gasteiger partial charge on any atom is 0.337 e. The molecule has 0 radical (unpaired) electrons. The summed E-state index contributed by atoms with van der Waals surface area (Å²) >= 11 is 5.87. The van der Waals surface area contributed by atoms with Crippen LogP contribution >= 0.6 is 11.6 Å². The average molecular weight is 428 g/mol. The highest BCUT2D eigenvalue weighted by molar-refractivity contribution is 6.33. The van der Waals surface area contributed by atoms with Crippen molar-refractivity contribution in [1.82, 2.24) is 0 Å². The standard InChI is InChI=1S/C22H22ClN3O4/c23-19-8-3-15(12-18(19)22(29)30)24-21(28)14-11-20(27)26(13-14)17-6-4-16(5-7-17)25-9-1-2-10-25/h3-8,12,14H,1-2,9-11,13H2,(H,24,28)(H,29,30). The summed E-state index contributed by atoms with van der Waals surface area (Å²) in [7, 11) is 0. The molecule has 2 saturated heterocycles. The van der Waals surface area contributed by atoms with E-state index in [1.807, 2.05) is 24.3 Å². The predicted molar refractivity (Wildman–Crippen MR) is 115 cm³/mol. The van der Waals surface area contributed by atoms with Crippen LogP contribution in [-0.4, -0.2) is 42.5 Å². The second-order valence-corrected chi connectivity index (χ2v) is 8.01. The number of benzene rings is 2. The lowest BCUT2D eigenvalue weighted by Crippen LogP contribution is -2.28. The summed E-state index contributed by atoms with van der Waals surface area (Å²) in [6.07, 6.45) is 2.51. The fraction of sp³-hybridized carbons (Fsp3) is 0.318. The normalized spacial score (nSPS) is 18.7. The number of carboxylic acids is 1. The van der Waals surface area contributed by atoms with E-state index in [2.05, 4.69) is 10.2 Å². The fourth-order valence-electron chi connectivity index (χ4n) is 3.96. The molecule has 2 heterocycles. The number of nitrogens with zero attached hydrogens (tertiary/aromatic N) is 2. The number of nitrogens with one attached hydrogen (secondary N) is 1. The summed E-state index contributed by atoms with van der Waals surface area (Å²) in [5.74, 6) is -2.11. The van der Waals surface area contributed by atoms with E-state index in [1.165, 1.54) is 31.0 Å². The van der Waals surface area contributed by atoms with Crippen LogP contribution in [0.4, 0.5) is 17.1 Å². The number of carboxylic acid groups (broad SMARTS) is 1. The van der Waals surface area contributed by atoms with Gasteiger partial charge in [-0.3, -0.25) is 9.59 Å². The summed E-state index contributed by atoms with van der Waals surface area (Å²) in [5, 5.41) is 12.0. The zero-order valence-corrected chi connectivity index (χ0v) is 17.1. The van der Waals surface area contributed by atoms with Gasteiger partial charge in [-0.1, -0.05) is 11.6 Å². The van der Waals surface area contributed by atoms with Crippen molar-refractivity contribution in [3.05, 3.63) is 53.1 Å². The minimum Gasteiger partial charge on any atom is -0.478 e. The minimum atomic E-state index is -1.17. The second kappa shape index (κ2) is 8.36. The maximum atomic E-state index is 12.7. The Morgan fingerprint density at radius 3 is 2.37 bits per heavy atom. The van der Waals surface area contributed by atoms with E-state index in [-0.39, 0.29) is 35.4 Å². The van der Waals surface area contributed by atoms with Gasteiger partial charge >= 0.3 is 5.97 Å². The Bertz CT molecular complexity index is 986. The maximum absolute atomic E-state index is 12.7. The highest BCUT2D eigenvalue weighted by Gasteiger charge is 2.35. The zero-order valence-electron chi connectivity index (χ0n) is 16.3. The van der Waals surface area contributed by atoms with Gasteiger partial charge in [0.05, 0.1) is 16.5 Å². The number of anilines is 3. The van der Waals surface area contributed by atoms with E-state index in [1.54, 1.807) is 4.90 Å². The summed E-state index contributed by atoms with van der Waals surface area (Å²) in [5.41, 5.74) is 2.17. The molecule has 8 heteroatoms. The molecular formula is C22H22ClN3O4. The van der Waals surface area contributed by atoms with Gasteiger partial charge in [0.15, 0.2) is 0 Å². The lowest BCUT2D eigenvalue weighted by atomic mass is 10.1. The Morgan fingerprint density at radius 2 is 1.70 bits per heavy atom. The number of hydrogen-bond acceptors (Lipinski definition) is 4. The molecule has 2 aliphatic heterocycles. The Balaban J connectivity index is 1.42. The number of carbonyl (C=O) groups excluding carboxylic acids is 2. The number of hydrogen-bond donors (Lipinski definition) is 2. The Kier molecular flexibility index (Phi) is 5.63. The van der Waals surface area contributed by atoms with E-state index in [9.17, 15) is 14.4 Å². The molecule has 2 N–H and O–H groups in total. The molecule has 2 amide bonds. The van der Waals surface area contributed by atoms with Crippen LogP contribution in [0.15, 0.2) is 42.5 Å². The Morgan fingerprint density at radius 1 is 1.03 bits per heavy atom. The van der Waals surface area contributed by atoms with Gasteiger partial charge in [-0.2, -0.15) is 0 Å². The van der Waals surface area contributed by atoms with Crippen LogP contribution in [-0.2, 0) is 9.59 Å². The molecule has 0 saturated carbocycles. The minimum absolute atomic E-state index is 0.0864. The van der Waals surface area contributed by atoms with Crippen molar-refractivity contribution in [2.45, 2.75) is 19.3 Å². The molecule has 0 aliphatic carbocycles. The largest absolute Gasteiger partial charge is 0.478 e. The fourth-order valence-corrected chi connectivity index (χ4v) is 4.16. The van der Waals surface area contributed by atoms with Crippen molar-refractivity contribution in [3.63, 3.8) is 0 Å². The highest BCUT2D eigenvalue weighted by Crippen LogP contribution is 2.29. The van der Waals surface area contributed by atoms with E-state index in [0.717, 1.165) is 24.5 Å². The third kappa shape index (κ3) is 4.11. The van der Waals surface area contributed by atoms with Crippen LogP contribution in [0.3, 0.4) is 0 Å². The number of amides is 2. The van der Waals surface area contributed by atoms with Gasteiger partial charge in [0.2, 0.25) is 11.8 Å². The van der Waals surface area contributed by atoms with Crippen molar-refractivity contribution in [2.75, 3.05) is 34.8 Å². The number of carbonyl (C=O) groups is 3. The molecule has 0 spiro atoms. The van der Waals surface area contributed by atoms with E-state index in [0.29, 0.717) is 5.69 Å². The van der Waals surface area contributed by atoms with Crippen LogP contribution in [0.2, 0.25) is 5.02 Å². The summed E-state index contributed by atoms with van der Waals surface area (Å²) in [6, 6.07) is 12.2. The van der Waals surface area contributed by atoms with Gasteiger partial charge in [0.1, 0.15) is 0 Å². The molecule has 1 unspecified atom stereocenters. The third-order valence-corrected chi connectivity index (χ3v) is 5.92. The van der Waals surface area contributed by atoms with Gasteiger partial charge < -0.3 is 20.2 Å². The summed E-state index contributed by atoms with van der Waals surface area (Å²) in [4.78, 5) is 40.3. The van der Waals surface area contributed by atoms with Crippen molar-refractivity contribution in [3.8, 4) is 0 Å². The number of halogens is 1. The van der Waals surface area contributed by atoms with Crippen LogP contribution < -0.4 is 15.1 Å². The average Bonchev–Trinajstić information content (AvgIpc) is 3.39. The molecule has 0 aromatic heterocycles. The van der Waals surface area contributed by atoms with Crippen LogP contribution in [0.5, 0.6) is 0 Å². The molecule has 156 valence electrons. The van der Waals surface area contributed by atoms with Gasteiger partial charge in [0, 0.05) is 43.1 Å². The van der Waals surface area contributed by atoms with Gasteiger partial charge in [-0.25, -0.2) is 4.79 Å². The lowest BCUT2D eigenvalue weighted by molar-refractivity contribution is -0.122. The molecule has 2 aromatic carbocycles. The monoisotopic (exact) mass is 427 g/mol. The predicted octanol–water partition coefficient (Wildman–Crippen LogP) is 3.63. The van der Waals surface area contributed by atoms with E-state index >= 15 is 0 Å². The zero-order chi connectivity index (χ0) is 21.3. The molecule has 30 heavy (non-hydrogen) atoms. The van der Waals surface area contributed by atoms with Gasteiger partial charge in [-0.05, 0) is 55.3 Å². The first kappa shape index (κ1) is 20.2. The lowest BCUT2D eigenvalue weighted by Gasteiger charge is -2.20. The molecule has 7 nitrogen and oxygen atoms in total. The smallest absolute Gasteiger partial charge is 0.337 e. The molecular weight excluding hydrogens is 406 g/mol. The first-order chi connectivity index (χ1) is 14.4. The van der Waals surface area contributed by atoms with Crippen LogP contribution in [0.25, 0.3) is 0 Å². The van der Waals surface area contributed by atoms with Crippen LogP contribution in [0.1, 0.15) is 29.6 Å². The third-order valence-electron chi connectivity index (χ3n) is 5.59. The summed E-state index contributed by atoms with van der Waals surface area (Å²) in [6.45, 7) is 2.39. The number of aromatic carboxylic acids is 1. The van der Waals surface area contributed by atoms with Crippen LogP contribution in [0, 0.1) is 5.92 Å². The Hall–Kier alpha value is -3.06. The molecule has 2 fully saturated rings. The topological polar surface area (TPSA) is 89.9 Å². The second-order valence-electron chi connectivity index (χ2n) is 7.60. The van der Waals surface area contributed by atoms with Gasteiger partial charge in [0.25, 0.3) is 0 Å². The highest BCUT2D eigenvalue weighted by atomic mass is 35.5. The molecule has 2 aliphatic rings.